The minimum atomic E-state index is -0.273. The van der Waals surface area contributed by atoms with Gasteiger partial charge in [0.15, 0.2) is 11.0 Å². The number of thioether (sulfide) groups is 1. The van der Waals surface area contributed by atoms with Crippen molar-refractivity contribution in [3.8, 4) is 0 Å². The molecule has 2 aromatic carbocycles. The number of nitrogens with one attached hydrogen (secondary N) is 2. The zero-order valence-corrected chi connectivity index (χ0v) is 17.5. The fraction of sp³-hybridized carbons (Fsp3) is 0.286. The lowest BCUT2D eigenvalue weighted by atomic mass is 10.1. The van der Waals surface area contributed by atoms with Crippen molar-refractivity contribution in [2.75, 3.05) is 16.4 Å². The van der Waals surface area contributed by atoms with Gasteiger partial charge < -0.3 is 15.2 Å². The molecule has 0 spiro atoms. The van der Waals surface area contributed by atoms with Gasteiger partial charge in [0.1, 0.15) is 5.82 Å². The highest BCUT2D eigenvalue weighted by atomic mass is 32.2. The molecular weight excluding hydrogens is 389 g/mol. The van der Waals surface area contributed by atoms with Gasteiger partial charge in [-0.05, 0) is 56.2 Å². The van der Waals surface area contributed by atoms with E-state index in [-0.39, 0.29) is 17.5 Å². The van der Waals surface area contributed by atoms with Crippen LogP contribution in [0.15, 0.2) is 47.6 Å². The van der Waals surface area contributed by atoms with Gasteiger partial charge >= 0.3 is 0 Å². The summed E-state index contributed by atoms with van der Waals surface area (Å²) in [6.45, 7) is 7.11. The van der Waals surface area contributed by atoms with Crippen LogP contribution in [0.25, 0.3) is 0 Å². The molecule has 1 amide bonds. The standard InChI is InChI=1S/C21H24FN5OS/c1-4-27-18(12-23-17-10-8-16(22)9-11-17)25-26-21(27)29-13-19(28)24-20-14(2)6-5-7-15(20)3/h5-11,23H,4,12-13H2,1-3H3,(H,24,28). The van der Waals surface area contributed by atoms with Gasteiger partial charge in [-0.2, -0.15) is 0 Å². The summed E-state index contributed by atoms with van der Waals surface area (Å²) in [5.41, 5.74) is 3.74. The van der Waals surface area contributed by atoms with E-state index in [0.717, 1.165) is 28.3 Å². The molecule has 2 N–H and O–H groups in total. The molecule has 6 nitrogen and oxygen atoms in total. The van der Waals surface area contributed by atoms with Gasteiger partial charge in [-0.1, -0.05) is 30.0 Å². The Labute approximate surface area is 173 Å². The Hall–Kier alpha value is -2.87. The lowest BCUT2D eigenvalue weighted by Crippen LogP contribution is -2.16. The zero-order valence-electron chi connectivity index (χ0n) is 16.7. The smallest absolute Gasteiger partial charge is 0.234 e. The molecule has 152 valence electrons. The van der Waals surface area contributed by atoms with Crippen LogP contribution in [0, 0.1) is 19.7 Å². The molecule has 0 aliphatic rings. The van der Waals surface area contributed by atoms with E-state index in [9.17, 15) is 9.18 Å². The summed E-state index contributed by atoms with van der Waals surface area (Å²) >= 11 is 1.36. The summed E-state index contributed by atoms with van der Waals surface area (Å²) in [7, 11) is 0. The summed E-state index contributed by atoms with van der Waals surface area (Å²) in [6.07, 6.45) is 0. The van der Waals surface area contributed by atoms with Crippen LogP contribution in [0.5, 0.6) is 0 Å². The van der Waals surface area contributed by atoms with E-state index in [1.165, 1.54) is 23.9 Å². The molecule has 0 fully saturated rings. The van der Waals surface area contributed by atoms with Crippen molar-refractivity contribution in [1.82, 2.24) is 14.8 Å². The van der Waals surface area contributed by atoms with E-state index in [0.29, 0.717) is 18.2 Å². The highest BCUT2D eigenvalue weighted by Gasteiger charge is 2.14. The van der Waals surface area contributed by atoms with E-state index in [2.05, 4.69) is 20.8 Å². The fourth-order valence-corrected chi connectivity index (χ4v) is 3.76. The lowest BCUT2D eigenvalue weighted by molar-refractivity contribution is -0.113. The molecule has 3 aromatic rings. The molecule has 1 heterocycles. The predicted molar refractivity (Wildman–Crippen MR) is 115 cm³/mol. The highest BCUT2D eigenvalue weighted by molar-refractivity contribution is 7.99. The SMILES string of the molecule is CCn1c(CNc2ccc(F)cc2)nnc1SCC(=O)Nc1c(C)cccc1C. The Bertz CT molecular complexity index is 967. The summed E-state index contributed by atoms with van der Waals surface area (Å²) in [5.74, 6) is 0.653. The van der Waals surface area contributed by atoms with Gasteiger partial charge in [0.05, 0.1) is 12.3 Å². The first-order chi connectivity index (χ1) is 14.0. The van der Waals surface area contributed by atoms with Crippen LogP contribution in [0.4, 0.5) is 15.8 Å². The number of rotatable bonds is 8. The Morgan fingerprint density at radius 1 is 1.10 bits per heavy atom. The van der Waals surface area contributed by atoms with E-state index in [4.69, 9.17) is 0 Å². The van der Waals surface area contributed by atoms with Gasteiger partial charge in [0.2, 0.25) is 5.91 Å². The maximum atomic E-state index is 13.0. The quantitative estimate of drug-likeness (QED) is 0.536. The third-order valence-corrected chi connectivity index (χ3v) is 5.45. The summed E-state index contributed by atoms with van der Waals surface area (Å²) in [5, 5.41) is 15.3. The molecule has 0 bridgehead atoms. The average molecular weight is 414 g/mol. The third-order valence-electron chi connectivity index (χ3n) is 4.48. The van der Waals surface area contributed by atoms with Gasteiger partial charge in [0.25, 0.3) is 0 Å². The summed E-state index contributed by atoms with van der Waals surface area (Å²) in [4.78, 5) is 12.4. The number of nitrogens with zero attached hydrogens (tertiary/aromatic N) is 3. The molecule has 29 heavy (non-hydrogen) atoms. The minimum Gasteiger partial charge on any atom is -0.378 e. The second-order valence-electron chi connectivity index (χ2n) is 6.61. The van der Waals surface area contributed by atoms with Crippen molar-refractivity contribution in [3.05, 3.63) is 65.2 Å². The molecule has 0 saturated heterocycles. The first-order valence-corrected chi connectivity index (χ1v) is 10.4. The maximum Gasteiger partial charge on any atom is 0.234 e. The number of para-hydroxylation sites is 1. The van der Waals surface area contributed by atoms with Gasteiger partial charge in [-0.3, -0.25) is 4.79 Å². The number of anilines is 2. The first kappa shape index (κ1) is 20.9. The van der Waals surface area contributed by atoms with Crippen molar-refractivity contribution in [1.29, 1.82) is 0 Å². The molecule has 1 aromatic heterocycles. The number of aromatic nitrogens is 3. The van der Waals surface area contributed by atoms with Crippen LogP contribution in [-0.4, -0.2) is 26.4 Å². The van der Waals surface area contributed by atoms with Crippen molar-refractivity contribution in [3.63, 3.8) is 0 Å². The monoisotopic (exact) mass is 413 g/mol. The fourth-order valence-electron chi connectivity index (χ4n) is 2.94. The molecule has 0 saturated carbocycles. The van der Waals surface area contributed by atoms with E-state index < -0.39 is 0 Å². The number of carbonyl (C=O) groups excluding carboxylic acids is 1. The Morgan fingerprint density at radius 2 is 1.79 bits per heavy atom. The van der Waals surface area contributed by atoms with Crippen molar-refractivity contribution >= 4 is 29.0 Å². The van der Waals surface area contributed by atoms with Crippen molar-refractivity contribution < 1.29 is 9.18 Å². The second kappa shape index (κ2) is 9.56. The van der Waals surface area contributed by atoms with Crippen molar-refractivity contribution in [2.24, 2.45) is 0 Å². The number of halogens is 1. The molecule has 0 atom stereocenters. The second-order valence-corrected chi connectivity index (χ2v) is 7.55. The van der Waals surface area contributed by atoms with E-state index in [1.54, 1.807) is 12.1 Å². The number of benzene rings is 2. The normalized spacial score (nSPS) is 10.8. The van der Waals surface area contributed by atoms with Gasteiger partial charge in [-0.15, -0.1) is 10.2 Å². The van der Waals surface area contributed by atoms with E-state index in [1.807, 2.05) is 43.5 Å². The van der Waals surface area contributed by atoms with Crippen LogP contribution in [0.1, 0.15) is 23.9 Å². The molecule has 0 radical (unpaired) electrons. The number of aryl methyl sites for hydroxylation is 2. The van der Waals surface area contributed by atoms with Crippen LogP contribution in [-0.2, 0) is 17.9 Å². The largest absolute Gasteiger partial charge is 0.378 e. The minimum absolute atomic E-state index is 0.0796. The summed E-state index contributed by atoms with van der Waals surface area (Å²) in [6, 6.07) is 12.1. The molecule has 0 aliphatic heterocycles. The lowest BCUT2D eigenvalue weighted by Gasteiger charge is -2.11. The van der Waals surface area contributed by atoms with Crippen LogP contribution < -0.4 is 10.6 Å². The molecular formula is C21H24FN5OS. The number of carbonyl (C=O) groups is 1. The zero-order chi connectivity index (χ0) is 20.8. The number of hydrogen-bond donors (Lipinski definition) is 2. The van der Waals surface area contributed by atoms with Gasteiger partial charge in [0, 0.05) is 17.9 Å². The molecule has 0 aliphatic carbocycles. The Balaban J connectivity index is 1.59. The van der Waals surface area contributed by atoms with Crippen LogP contribution >= 0.6 is 11.8 Å². The van der Waals surface area contributed by atoms with Crippen LogP contribution in [0.3, 0.4) is 0 Å². The average Bonchev–Trinajstić information content (AvgIpc) is 3.10. The van der Waals surface area contributed by atoms with Crippen LogP contribution in [0.2, 0.25) is 0 Å². The topological polar surface area (TPSA) is 71.8 Å². The van der Waals surface area contributed by atoms with Crippen molar-refractivity contribution in [2.45, 2.75) is 39.0 Å². The third kappa shape index (κ3) is 5.35. The first-order valence-electron chi connectivity index (χ1n) is 9.38. The maximum absolute atomic E-state index is 13.0. The molecule has 8 heteroatoms. The Kier molecular flexibility index (Phi) is 6.87. The predicted octanol–water partition coefficient (Wildman–Crippen LogP) is 4.40. The summed E-state index contributed by atoms with van der Waals surface area (Å²) < 4.78 is 15.0. The molecule has 0 unspecified atom stereocenters. The van der Waals surface area contributed by atoms with Gasteiger partial charge in [-0.25, -0.2) is 4.39 Å². The highest BCUT2D eigenvalue weighted by Crippen LogP contribution is 2.22. The number of hydrogen-bond acceptors (Lipinski definition) is 5. The van der Waals surface area contributed by atoms with E-state index >= 15 is 0 Å². The number of amides is 1. The molecule has 3 rings (SSSR count). The Morgan fingerprint density at radius 3 is 2.45 bits per heavy atom.